The lowest BCUT2D eigenvalue weighted by Gasteiger charge is -2.29. The number of hydrazine groups is 1. The molecule has 2 nitrogen and oxygen atoms in total. The monoisotopic (exact) mass is 210 g/mol. The smallest absolute Gasteiger partial charge is 0.0420 e. The number of hydrogen-bond donors (Lipinski definition) is 1. The second-order valence-corrected chi connectivity index (χ2v) is 5.43. The van der Waals surface area contributed by atoms with Gasteiger partial charge < -0.3 is 0 Å². The molecule has 0 saturated heterocycles. The quantitative estimate of drug-likeness (QED) is 0.557. The highest BCUT2D eigenvalue weighted by atomic mass is 15.5. The second-order valence-electron chi connectivity index (χ2n) is 5.43. The van der Waals surface area contributed by atoms with E-state index in [1.165, 1.54) is 32.1 Å². The van der Waals surface area contributed by atoms with Crippen LogP contribution in [-0.4, -0.2) is 25.1 Å². The molecule has 1 aliphatic carbocycles. The molecule has 1 aliphatic rings. The summed E-state index contributed by atoms with van der Waals surface area (Å²) in [6, 6.07) is 0.548. The minimum Gasteiger partial charge on any atom is -0.258 e. The summed E-state index contributed by atoms with van der Waals surface area (Å²) in [7, 11) is 4.12. The van der Waals surface area contributed by atoms with Gasteiger partial charge in [0, 0.05) is 13.1 Å². The SMILES string of the molecule is CNN(C)C1/C=C\CCCC(C)(C)CC1. The third kappa shape index (κ3) is 4.35. The number of nitrogens with one attached hydrogen (secondary N) is 1. The van der Waals surface area contributed by atoms with Crippen molar-refractivity contribution in [3.63, 3.8) is 0 Å². The minimum absolute atomic E-state index is 0.513. The van der Waals surface area contributed by atoms with E-state index in [2.05, 4.69) is 43.5 Å². The summed E-state index contributed by atoms with van der Waals surface area (Å²) in [6.07, 6.45) is 11.2. The van der Waals surface area contributed by atoms with E-state index in [9.17, 15) is 0 Å². The number of rotatable bonds is 2. The van der Waals surface area contributed by atoms with E-state index in [0.717, 1.165) is 0 Å². The Hall–Kier alpha value is -0.340. The molecule has 1 rings (SSSR count). The summed E-state index contributed by atoms with van der Waals surface area (Å²) in [5.74, 6) is 0. The van der Waals surface area contributed by atoms with Crippen LogP contribution < -0.4 is 5.43 Å². The molecule has 0 spiro atoms. The van der Waals surface area contributed by atoms with Crippen molar-refractivity contribution in [2.75, 3.05) is 14.1 Å². The average Bonchev–Trinajstić information content (AvgIpc) is 2.27. The topological polar surface area (TPSA) is 15.3 Å². The molecule has 15 heavy (non-hydrogen) atoms. The van der Waals surface area contributed by atoms with E-state index in [-0.39, 0.29) is 0 Å². The zero-order valence-electron chi connectivity index (χ0n) is 10.7. The molecule has 0 aromatic heterocycles. The summed E-state index contributed by atoms with van der Waals surface area (Å²) >= 11 is 0. The molecule has 0 amide bonds. The van der Waals surface area contributed by atoms with Gasteiger partial charge in [-0.25, -0.2) is 5.01 Å². The minimum atomic E-state index is 0.513. The van der Waals surface area contributed by atoms with Gasteiger partial charge >= 0.3 is 0 Å². The number of nitrogens with zero attached hydrogens (tertiary/aromatic N) is 1. The van der Waals surface area contributed by atoms with Crippen LogP contribution in [0.4, 0.5) is 0 Å². The van der Waals surface area contributed by atoms with Crippen LogP contribution in [0.2, 0.25) is 0 Å². The summed E-state index contributed by atoms with van der Waals surface area (Å²) in [5.41, 5.74) is 3.73. The first-order valence-electron chi connectivity index (χ1n) is 6.12. The van der Waals surface area contributed by atoms with Crippen molar-refractivity contribution in [2.24, 2.45) is 5.41 Å². The zero-order valence-corrected chi connectivity index (χ0v) is 10.7. The normalized spacial score (nSPS) is 29.3. The Morgan fingerprint density at radius 2 is 2.07 bits per heavy atom. The van der Waals surface area contributed by atoms with E-state index >= 15 is 0 Å². The lowest BCUT2D eigenvalue weighted by Crippen LogP contribution is -2.39. The fraction of sp³-hybridized carbons (Fsp3) is 0.846. The Morgan fingerprint density at radius 3 is 2.73 bits per heavy atom. The fourth-order valence-corrected chi connectivity index (χ4v) is 2.20. The van der Waals surface area contributed by atoms with Crippen molar-refractivity contribution in [3.8, 4) is 0 Å². The zero-order chi connectivity index (χ0) is 11.3. The van der Waals surface area contributed by atoms with E-state index in [0.29, 0.717) is 11.5 Å². The average molecular weight is 210 g/mol. The Kier molecular flexibility index (Phi) is 4.81. The van der Waals surface area contributed by atoms with Crippen LogP contribution in [-0.2, 0) is 0 Å². The van der Waals surface area contributed by atoms with Crippen LogP contribution in [0.5, 0.6) is 0 Å². The highest BCUT2D eigenvalue weighted by molar-refractivity contribution is 4.95. The lowest BCUT2D eigenvalue weighted by molar-refractivity contribution is 0.182. The maximum Gasteiger partial charge on any atom is 0.0420 e. The first-order valence-corrected chi connectivity index (χ1v) is 6.12. The van der Waals surface area contributed by atoms with E-state index in [1.54, 1.807) is 0 Å². The van der Waals surface area contributed by atoms with Crippen LogP contribution in [0.15, 0.2) is 12.2 Å². The molecular weight excluding hydrogens is 184 g/mol. The van der Waals surface area contributed by atoms with Gasteiger partial charge in [-0.3, -0.25) is 5.43 Å². The van der Waals surface area contributed by atoms with Crippen LogP contribution >= 0.6 is 0 Å². The van der Waals surface area contributed by atoms with Gasteiger partial charge in [-0.1, -0.05) is 26.0 Å². The molecule has 0 fully saturated rings. The molecule has 1 atom stereocenters. The highest BCUT2D eigenvalue weighted by Gasteiger charge is 2.21. The molecule has 0 bridgehead atoms. The molecule has 2 heteroatoms. The Balaban J connectivity index is 2.60. The van der Waals surface area contributed by atoms with Gasteiger partial charge in [0.2, 0.25) is 0 Å². The van der Waals surface area contributed by atoms with Crippen molar-refractivity contribution < 1.29 is 0 Å². The molecule has 1 unspecified atom stereocenters. The maximum atomic E-state index is 3.21. The van der Waals surface area contributed by atoms with E-state index < -0.39 is 0 Å². The molecule has 0 aliphatic heterocycles. The Bertz CT molecular complexity index is 209. The third-order valence-corrected chi connectivity index (χ3v) is 3.55. The number of hydrogen-bond acceptors (Lipinski definition) is 2. The molecule has 0 heterocycles. The van der Waals surface area contributed by atoms with E-state index in [4.69, 9.17) is 0 Å². The predicted octanol–water partition coefficient (Wildman–Crippen LogP) is 2.97. The largest absolute Gasteiger partial charge is 0.258 e. The summed E-state index contributed by atoms with van der Waals surface area (Å²) in [4.78, 5) is 0. The summed E-state index contributed by atoms with van der Waals surface area (Å²) in [6.45, 7) is 4.80. The Labute approximate surface area is 94.7 Å². The van der Waals surface area contributed by atoms with Gasteiger partial charge in [-0.05, 0) is 44.6 Å². The van der Waals surface area contributed by atoms with Crippen molar-refractivity contribution in [1.82, 2.24) is 10.4 Å². The van der Waals surface area contributed by atoms with Gasteiger partial charge in [0.25, 0.3) is 0 Å². The molecule has 88 valence electrons. The first-order chi connectivity index (χ1) is 7.05. The Morgan fingerprint density at radius 1 is 1.33 bits per heavy atom. The molecule has 0 aromatic rings. The fourth-order valence-electron chi connectivity index (χ4n) is 2.20. The molecule has 1 N–H and O–H groups in total. The van der Waals surface area contributed by atoms with Crippen LogP contribution in [0.1, 0.15) is 46.0 Å². The van der Waals surface area contributed by atoms with Crippen molar-refractivity contribution in [3.05, 3.63) is 12.2 Å². The first kappa shape index (κ1) is 12.7. The third-order valence-electron chi connectivity index (χ3n) is 3.55. The van der Waals surface area contributed by atoms with Gasteiger partial charge in [0.1, 0.15) is 0 Å². The van der Waals surface area contributed by atoms with E-state index in [1.807, 2.05) is 7.05 Å². The molecular formula is C13H26N2. The molecule has 0 radical (unpaired) electrons. The molecule has 0 saturated carbocycles. The summed E-state index contributed by atoms with van der Waals surface area (Å²) in [5, 5.41) is 2.21. The van der Waals surface area contributed by atoms with Crippen molar-refractivity contribution in [2.45, 2.75) is 52.0 Å². The highest BCUT2D eigenvalue weighted by Crippen LogP contribution is 2.31. The standard InChI is InChI=1S/C13H26N2/c1-13(2)10-7-5-6-8-12(9-11-13)15(4)14-3/h6,8,12,14H,5,7,9-11H2,1-4H3/b8-6-. The van der Waals surface area contributed by atoms with Gasteiger partial charge in [-0.15, -0.1) is 0 Å². The number of likely N-dealkylation sites (N-methyl/N-ethyl adjacent to an activating group) is 1. The van der Waals surface area contributed by atoms with Crippen LogP contribution in [0, 0.1) is 5.41 Å². The predicted molar refractivity (Wildman–Crippen MR) is 66.6 cm³/mol. The lowest BCUT2D eigenvalue weighted by atomic mass is 9.82. The van der Waals surface area contributed by atoms with Gasteiger partial charge in [-0.2, -0.15) is 0 Å². The number of allylic oxidation sites excluding steroid dienone is 1. The van der Waals surface area contributed by atoms with Crippen molar-refractivity contribution >= 4 is 0 Å². The molecule has 0 aromatic carbocycles. The van der Waals surface area contributed by atoms with Crippen LogP contribution in [0.25, 0.3) is 0 Å². The van der Waals surface area contributed by atoms with Crippen LogP contribution in [0.3, 0.4) is 0 Å². The van der Waals surface area contributed by atoms with Gasteiger partial charge in [0.15, 0.2) is 0 Å². The second kappa shape index (κ2) is 5.66. The van der Waals surface area contributed by atoms with Crippen molar-refractivity contribution in [1.29, 1.82) is 0 Å². The van der Waals surface area contributed by atoms with Gasteiger partial charge in [0.05, 0.1) is 0 Å². The maximum absolute atomic E-state index is 3.21. The summed E-state index contributed by atoms with van der Waals surface area (Å²) < 4.78 is 0.